The molecular formula is C11H12BrNO4. The maximum atomic E-state index is 11.1. The van der Waals surface area contributed by atoms with E-state index in [-0.39, 0.29) is 6.61 Å². The second kappa shape index (κ2) is 6.90. The van der Waals surface area contributed by atoms with Gasteiger partial charge in [0, 0.05) is 10.0 Å². The average molecular weight is 302 g/mol. The van der Waals surface area contributed by atoms with Crippen LogP contribution in [0.3, 0.4) is 0 Å². The number of nitrogens with zero attached hydrogens (tertiary/aromatic N) is 1. The van der Waals surface area contributed by atoms with Gasteiger partial charge in [0.25, 0.3) is 0 Å². The summed E-state index contributed by atoms with van der Waals surface area (Å²) in [6.45, 7) is 1.86. The Kier molecular flexibility index (Phi) is 5.48. The van der Waals surface area contributed by atoms with Crippen LogP contribution in [0, 0.1) is 0 Å². The zero-order valence-electron chi connectivity index (χ0n) is 9.22. The molecule has 0 bridgehead atoms. The first-order valence-electron chi connectivity index (χ1n) is 4.92. The molecule has 0 aliphatic carbocycles. The highest BCUT2D eigenvalue weighted by Crippen LogP contribution is 2.21. The van der Waals surface area contributed by atoms with E-state index < -0.39 is 5.97 Å². The van der Waals surface area contributed by atoms with Crippen LogP contribution in [0.15, 0.2) is 27.8 Å². The SMILES string of the molecule is CCOC(=O)COc1ccc(Br)cc1C=NO. The lowest BCUT2D eigenvalue weighted by molar-refractivity contribution is -0.145. The molecule has 0 saturated heterocycles. The van der Waals surface area contributed by atoms with Crippen molar-refractivity contribution in [3.8, 4) is 5.75 Å². The molecule has 0 spiro atoms. The number of hydrogen-bond acceptors (Lipinski definition) is 5. The van der Waals surface area contributed by atoms with Gasteiger partial charge in [0.15, 0.2) is 6.61 Å². The van der Waals surface area contributed by atoms with Crippen molar-refractivity contribution in [1.82, 2.24) is 0 Å². The summed E-state index contributed by atoms with van der Waals surface area (Å²) in [5.41, 5.74) is 0.561. The molecule has 0 aromatic heterocycles. The third kappa shape index (κ3) is 4.44. The van der Waals surface area contributed by atoms with Crippen LogP contribution in [-0.2, 0) is 9.53 Å². The van der Waals surface area contributed by atoms with E-state index in [2.05, 4.69) is 21.1 Å². The Hall–Kier alpha value is -1.56. The average Bonchev–Trinajstić information content (AvgIpc) is 2.29. The fraction of sp³-hybridized carbons (Fsp3) is 0.273. The van der Waals surface area contributed by atoms with Gasteiger partial charge in [-0.15, -0.1) is 0 Å². The fourth-order valence-corrected chi connectivity index (χ4v) is 1.53. The van der Waals surface area contributed by atoms with Gasteiger partial charge < -0.3 is 14.7 Å². The van der Waals surface area contributed by atoms with Gasteiger partial charge in [-0.2, -0.15) is 0 Å². The lowest BCUT2D eigenvalue weighted by Crippen LogP contribution is -2.15. The van der Waals surface area contributed by atoms with Crippen molar-refractivity contribution in [3.05, 3.63) is 28.2 Å². The number of ether oxygens (including phenoxy) is 2. The van der Waals surface area contributed by atoms with E-state index in [9.17, 15) is 4.79 Å². The number of carbonyl (C=O) groups is 1. The van der Waals surface area contributed by atoms with Crippen molar-refractivity contribution in [2.75, 3.05) is 13.2 Å². The Morgan fingerprint density at radius 2 is 2.35 bits per heavy atom. The van der Waals surface area contributed by atoms with Crippen molar-refractivity contribution >= 4 is 28.1 Å². The van der Waals surface area contributed by atoms with Gasteiger partial charge in [0.05, 0.1) is 12.8 Å². The van der Waals surface area contributed by atoms with E-state index in [1.165, 1.54) is 6.21 Å². The van der Waals surface area contributed by atoms with E-state index in [0.717, 1.165) is 4.47 Å². The summed E-state index contributed by atoms with van der Waals surface area (Å²) in [7, 11) is 0. The quantitative estimate of drug-likeness (QED) is 0.392. The van der Waals surface area contributed by atoms with Crippen LogP contribution in [0.5, 0.6) is 5.75 Å². The zero-order chi connectivity index (χ0) is 12.7. The molecule has 0 atom stereocenters. The van der Waals surface area contributed by atoms with Crippen molar-refractivity contribution in [3.63, 3.8) is 0 Å². The normalized spacial score (nSPS) is 10.5. The van der Waals surface area contributed by atoms with Gasteiger partial charge in [-0.3, -0.25) is 0 Å². The van der Waals surface area contributed by atoms with Gasteiger partial charge in [-0.05, 0) is 25.1 Å². The summed E-state index contributed by atoms with van der Waals surface area (Å²) >= 11 is 3.28. The highest BCUT2D eigenvalue weighted by atomic mass is 79.9. The number of halogens is 1. The van der Waals surface area contributed by atoms with E-state index in [4.69, 9.17) is 14.7 Å². The molecule has 1 rings (SSSR count). The molecule has 1 aromatic carbocycles. The number of esters is 1. The predicted molar refractivity (Wildman–Crippen MR) is 65.7 cm³/mol. The minimum atomic E-state index is -0.442. The molecule has 0 fully saturated rings. The first-order chi connectivity index (χ1) is 8.17. The molecule has 92 valence electrons. The molecule has 17 heavy (non-hydrogen) atoms. The molecule has 0 amide bonds. The molecule has 0 unspecified atom stereocenters. The van der Waals surface area contributed by atoms with Crippen molar-refractivity contribution in [2.45, 2.75) is 6.92 Å². The summed E-state index contributed by atoms with van der Waals surface area (Å²) in [6.07, 6.45) is 1.23. The van der Waals surface area contributed by atoms with Crippen molar-refractivity contribution < 1.29 is 19.5 Å². The Morgan fingerprint density at radius 3 is 3.00 bits per heavy atom. The van der Waals surface area contributed by atoms with Crippen LogP contribution >= 0.6 is 15.9 Å². The monoisotopic (exact) mass is 301 g/mol. The molecule has 6 heteroatoms. The number of benzene rings is 1. The van der Waals surface area contributed by atoms with Crippen LogP contribution in [-0.4, -0.2) is 30.6 Å². The molecule has 5 nitrogen and oxygen atoms in total. The molecule has 0 saturated carbocycles. The minimum absolute atomic E-state index is 0.179. The topological polar surface area (TPSA) is 68.1 Å². The first-order valence-corrected chi connectivity index (χ1v) is 5.72. The Bertz CT molecular complexity index is 420. The smallest absolute Gasteiger partial charge is 0.344 e. The Morgan fingerprint density at radius 1 is 1.59 bits per heavy atom. The van der Waals surface area contributed by atoms with Crippen LogP contribution in [0.2, 0.25) is 0 Å². The van der Waals surface area contributed by atoms with Gasteiger partial charge in [-0.1, -0.05) is 21.1 Å². The Balaban J connectivity index is 2.73. The van der Waals surface area contributed by atoms with Crippen molar-refractivity contribution in [2.24, 2.45) is 5.16 Å². The first kappa shape index (κ1) is 13.5. The molecule has 0 heterocycles. The van der Waals surface area contributed by atoms with Crippen LogP contribution in [0.25, 0.3) is 0 Å². The summed E-state index contributed by atoms with van der Waals surface area (Å²) in [6, 6.07) is 5.13. The van der Waals surface area contributed by atoms with Gasteiger partial charge >= 0.3 is 5.97 Å². The van der Waals surface area contributed by atoms with Gasteiger partial charge in [0.1, 0.15) is 5.75 Å². The minimum Gasteiger partial charge on any atom is -0.481 e. The van der Waals surface area contributed by atoms with Crippen molar-refractivity contribution in [1.29, 1.82) is 0 Å². The third-order valence-electron chi connectivity index (χ3n) is 1.82. The highest BCUT2D eigenvalue weighted by molar-refractivity contribution is 9.10. The maximum Gasteiger partial charge on any atom is 0.344 e. The molecule has 0 aliphatic rings. The lowest BCUT2D eigenvalue weighted by atomic mass is 10.2. The van der Waals surface area contributed by atoms with Crippen LogP contribution < -0.4 is 4.74 Å². The maximum absolute atomic E-state index is 11.1. The van der Waals surface area contributed by atoms with E-state index in [1.807, 2.05) is 0 Å². The number of rotatable bonds is 5. The molecule has 1 aromatic rings. The highest BCUT2D eigenvalue weighted by Gasteiger charge is 2.07. The standard InChI is InChI=1S/C11H12BrNO4/c1-2-16-11(14)7-17-10-4-3-9(12)5-8(10)6-13-15/h3-6,15H,2,7H2,1H3. The second-order valence-electron chi connectivity index (χ2n) is 3.02. The zero-order valence-corrected chi connectivity index (χ0v) is 10.8. The van der Waals surface area contributed by atoms with Crippen LogP contribution in [0.1, 0.15) is 12.5 Å². The molecule has 0 radical (unpaired) electrons. The summed E-state index contributed by atoms with van der Waals surface area (Å²) < 4.78 is 10.8. The van der Waals surface area contributed by atoms with Gasteiger partial charge in [-0.25, -0.2) is 4.79 Å². The van der Waals surface area contributed by atoms with Crippen LogP contribution in [0.4, 0.5) is 0 Å². The third-order valence-corrected chi connectivity index (χ3v) is 2.31. The largest absolute Gasteiger partial charge is 0.481 e. The number of carbonyl (C=O) groups excluding carboxylic acids is 1. The van der Waals surface area contributed by atoms with E-state index in [1.54, 1.807) is 25.1 Å². The number of hydrogen-bond donors (Lipinski definition) is 1. The molecular weight excluding hydrogens is 290 g/mol. The number of oxime groups is 1. The van der Waals surface area contributed by atoms with E-state index >= 15 is 0 Å². The fourth-order valence-electron chi connectivity index (χ4n) is 1.15. The van der Waals surface area contributed by atoms with E-state index in [0.29, 0.717) is 17.9 Å². The summed E-state index contributed by atoms with van der Waals surface area (Å²) in [4.78, 5) is 11.1. The lowest BCUT2D eigenvalue weighted by Gasteiger charge is -2.08. The van der Waals surface area contributed by atoms with Gasteiger partial charge in [0.2, 0.25) is 0 Å². The summed E-state index contributed by atoms with van der Waals surface area (Å²) in [5, 5.41) is 11.4. The second-order valence-corrected chi connectivity index (χ2v) is 3.94. The Labute approximate surface area is 107 Å². The predicted octanol–water partition coefficient (Wildman–Crippen LogP) is 2.20. The molecule has 1 N–H and O–H groups in total. The molecule has 0 aliphatic heterocycles. The summed E-state index contributed by atoms with van der Waals surface area (Å²) in [5.74, 6) is 0.00126.